The van der Waals surface area contributed by atoms with Crippen molar-refractivity contribution in [3.05, 3.63) is 11.8 Å². The third-order valence-electron chi connectivity index (χ3n) is 3.67. The van der Waals surface area contributed by atoms with Crippen molar-refractivity contribution in [2.24, 2.45) is 16.2 Å². The molecule has 0 aromatic rings. The molecule has 0 aliphatic rings. The Balaban J connectivity index is 5.30. The molecular formula is C23H48O3Si. The molecule has 27 heavy (non-hydrogen) atoms. The van der Waals surface area contributed by atoms with Gasteiger partial charge in [0.15, 0.2) is 0 Å². The van der Waals surface area contributed by atoms with Crippen molar-refractivity contribution in [1.29, 1.82) is 0 Å². The molecule has 4 heteroatoms. The van der Waals surface area contributed by atoms with E-state index in [0.717, 1.165) is 6.42 Å². The van der Waals surface area contributed by atoms with Crippen molar-refractivity contribution >= 4 is 8.80 Å². The molecule has 0 heterocycles. The van der Waals surface area contributed by atoms with Crippen LogP contribution in [0.5, 0.6) is 0 Å². The van der Waals surface area contributed by atoms with Gasteiger partial charge in [-0.15, -0.1) is 0 Å². The lowest BCUT2D eigenvalue weighted by atomic mass is 9.99. The molecule has 0 saturated carbocycles. The van der Waals surface area contributed by atoms with Crippen LogP contribution in [0.2, 0.25) is 0 Å². The highest BCUT2D eigenvalue weighted by molar-refractivity contribution is 6.66. The van der Waals surface area contributed by atoms with Crippen LogP contribution < -0.4 is 0 Å². The van der Waals surface area contributed by atoms with Crippen molar-refractivity contribution in [3.63, 3.8) is 0 Å². The van der Waals surface area contributed by atoms with Gasteiger partial charge in [0.05, 0.1) is 0 Å². The third-order valence-corrected chi connectivity index (χ3v) is 5.95. The van der Waals surface area contributed by atoms with Crippen molar-refractivity contribution in [3.8, 4) is 0 Å². The Morgan fingerprint density at radius 1 is 0.630 bits per heavy atom. The summed E-state index contributed by atoms with van der Waals surface area (Å²) in [6.45, 7) is 23.8. The molecule has 0 aliphatic heterocycles. The Morgan fingerprint density at radius 2 is 1.04 bits per heavy atom. The molecule has 0 fully saturated rings. The minimum absolute atomic E-state index is 0.0728. The molecule has 0 aromatic carbocycles. The smallest absolute Gasteiger partial charge is 0.370 e. The van der Waals surface area contributed by atoms with Crippen LogP contribution in [0.4, 0.5) is 0 Å². The fraction of sp³-hybridized carbons (Fsp3) is 0.913. The van der Waals surface area contributed by atoms with Gasteiger partial charge in [0.2, 0.25) is 0 Å². The van der Waals surface area contributed by atoms with E-state index in [0.29, 0.717) is 19.8 Å². The minimum Gasteiger partial charge on any atom is -0.370 e. The minimum atomic E-state index is -2.87. The van der Waals surface area contributed by atoms with Crippen molar-refractivity contribution in [2.75, 3.05) is 19.8 Å². The number of unbranched alkanes of at least 4 members (excludes halogenated alkanes) is 4. The van der Waals surface area contributed by atoms with Gasteiger partial charge in [-0.2, -0.15) is 0 Å². The first-order valence-electron chi connectivity index (χ1n) is 10.8. The van der Waals surface area contributed by atoms with Crippen LogP contribution in [0.25, 0.3) is 0 Å². The molecule has 0 rings (SSSR count). The maximum Gasteiger partial charge on any atom is 0.529 e. The average molecular weight is 401 g/mol. The van der Waals surface area contributed by atoms with E-state index in [9.17, 15) is 0 Å². The van der Waals surface area contributed by atoms with E-state index in [1.165, 1.54) is 25.7 Å². The standard InChI is InChI=1S/C23H48O3Si/c1-11-12-13-14-15-16-17-27(24-18-21(2,3)4,25-19-22(5,6)7)26-20-23(8,9)10/h16-17H,11-15,18-20H2,1-10H3. The van der Waals surface area contributed by atoms with E-state index >= 15 is 0 Å². The molecule has 0 unspecified atom stereocenters. The van der Waals surface area contributed by atoms with Gasteiger partial charge in [0, 0.05) is 19.8 Å². The summed E-state index contributed by atoms with van der Waals surface area (Å²) in [5, 5.41) is 0. The molecular weight excluding hydrogens is 352 g/mol. The quantitative estimate of drug-likeness (QED) is 0.256. The van der Waals surface area contributed by atoms with Gasteiger partial charge in [0.25, 0.3) is 0 Å². The summed E-state index contributed by atoms with van der Waals surface area (Å²) in [6, 6.07) is 0. The zero-order valence-corrected chi connectivity index (χ0v) is 21.0. The first kappa shape index (κ1) is 26.8. The Morgan fingerprint density at radius 3 is 1.37 bits per heavy atom. The Labute approximate surface area is 171 Å². The molecule has 0 aliphatic carbocycles. The first-order chi connectivity index (χ1) is 12.2. The van der Waals surface area contributed by atoms with Gasteiger partial charge < -0.3 is 13.3 Å². The summed E-state index contributed by atoms with van der Waals surface area (Å²) in [6.07, 6.45) is 8.36. The Bertz CT molecular complexity index is 365. The predicted octanol–water partition coefficient (Wildman–Crippen LogP) is 7.18. The maximum absolute atomic E-state index is 6.42. The second-order valence-corrected chi connectivity index (χ2v) is 13.8. The molecule has 0 atom stereocenters. The van der Waals surface area contributed by atoms with Crippen molar-refractivity contribution in [1.82, 2.24) is 0 Å². The van der Waals surface area contributed by atoms with Crippen LogP contribution in [0.1, 0.15) is 101 Å². The first-order valence-corrected chi connectivity index (χ1v) is 12.6. The molecule has 0 radical (unpaired) electrons. The van der Waals surface area contributed by atoms with E-state index in [2.05, 4.69) is 81.0 Å². The fourth-order valence-electron chi connectivity index (χ4n) is 2.14. The molecule has 0 aromatic heterocycles. The number of rotatable bonds is 12. The number of hydrogen-bond acceptors (Lipinski definition) is 3. The van der Waals surface area contributed by atoms with Crippen LogP contribution in [0, 0.1) is 16.2 Å². The summed E-state index contributed by atoms with van der Waals surface area (Å²) in [5.41, 5.74) is 2.36. The van der Waals surface area contributed by atoms with Crippen LogP contribution in [-0.2, 0) is 13.3 Å². The second-order valence-electron chi connectivity index (χ2n) is 11.4. The SMILES string of the molecule is CCCCCCC=C[Si](OCC(C)(C)C)(OCC(C)(C)C)OCC(C)(C)C. The predicted molar refractivity (Wildman–Crippen MR) is 120 cm³/mol. The van der Waals surface area contributed by atoms with Crippen LogP contribution in [0.15, 0.2) is 11.8 Å². The normalized spacial score (nSPS) is 14.3. The fourth-order valence-corrected chi connectivity index (χ4v) is 5.03. The summed E-state index contributed by atoms with van der Waals surface area (Å²) in [4.78, 5) is 0. The van der Waals surface area contributed by atoms with Gasteiger partial charge in [-0.3, -0.25) is 0 Å². The molecule has 0 spiro atoms. The monoisotopic (exact) mass is 400 g/mol. The summed E-state index contributed by atoms with van der Waals surface area (Å²) in [7, 11) is -2.87. The Hall–Kier alpha value is -0.163. The lowest BCUT2D eigenvalue weighted by molar-refractivity contribution is 0.0134. The van der Waals surface area contributed by atoms with Crippen LogP contribution >= 0.6 is 0 Å². The van der Waals surface area contributed by atoms with E-state index in [-0.39, 0.29) is 16.2 Å². The van der Waals surface area contributed by atoms with Gasteiger partial charge >= 0.3 is 8.80 Å². The van der Waals surface area contributed by atoms with Crippen LogP contribution in [0.3, 0.4) is 0 Å². The van der Waals surface area contributed by atoms with E-state index < -0.39 is 8.80 Å². The van der Waals surface area contributed by atoms with Crippen molar-refractivity contribution in [2.45, 2.75) is 101 Å². The highest BCUT2D eigenvalue weighted by atomic mass is 28.4. The topological polar surface area (TPSA) is 27.7 Å². The summed E-state index contributed by atoms with van der Waals surface area (Å²) < 4.78 is 19.3. The zero-order valence-electron chi connectivity index (χ0n) is 20.0. The van der Waals surface area contributed by atoms with E-state index in [1.807, 2.05) is 0 Å². The third kappa shape index (κ3) is 16.5. The number of hydrogen-bond donors (Lipinski definition) is 0. The highest BCUT2D eigenvalue weighted by Gasteiger charge is 2.42. The molecule has 0 bridgehead atoms. The van der Waals surface area contributed by atoms with Crippen molar-refractivity contribution < 1.29 is 13.3 Å². The van der Waals surface area contributed by atoms with E-state index in [1.54, 1.807) is 0 Å². The largest absolute Gasteiger partial charge is 0.529 e. The summed E-state index contributed by atoms with van der Waals surface area (Å²) in [5.74, 6) is 0. The number of allylic oxidation sites excluding steroid dienone is 1. The lowest BCUT2D eigenvalue weighted by Crippen LogP contribution is -2.49. The lowest BCUT2D eigenvalue weighted by Gasteiger charge is -2.34. The zero-order chi connectivity index (χ0) is 21.2. The summed E-state index contributed by atoms with van der Waals surface area (Å²) >= 11 is 0. The van der Waals surface area contributed by atoms with Gasteiger partial charge in [-0.05, 0) is 34.8 Å². The van der Waals surface area contributed by atoms with Gasteiger partial charge in [-0.1, -0.05) is 94.6 Å². The second kappa shape index (κ2) is 11.7. The van der Waals surface area contributed by atoms with E-state index in [4.69, 9.17) is 13.3 Å². The molecule has 3 nitrogen and oxygen atoms in total. The molecule has 0 N–H and O–H groups in total. The van der Waals surface area contributed by atoms with Crippen LogP contribution in [-0.4, -0.2) is 28.6 Å². The van der Waals surface area contributed by atoms with Gasteiger partial charge in [0.1, 0.15) is 0 Å². The molecule has 0 saturated heterocycles. The Kier molecular flexibility index (Phi) is 11.7. The average Bonchev–Trinajstić information content (AvgIpc) is 2.49. The highest BCUT2D eigenvalue weighted by Crippen LogP contribution is 2.26. The molecule has 162 valence electrons. The molecule has 0 amide bonds. The van der Waals surface area contributed by atoms with Gasteiger partial charge in [-0.25, -0.2) is 0 Å². The maximum atomic E-state index is 6.42.